The number of hydrogen-bond donors (Lipinski definition) is 4. The van der Waals surface area contributed by atoms with Crippen LogP contribution in [0.2, 0.25) is 0 Å². The van der Waals surface area contributed by atoms with Crippen molar-refractivity contribution in [3.05, 3.63) is 58.8 Å². The molecule has 31 heavy (non-hydrogen) atoms. The van der Waals surface area contributed by atoms with Crippen LogP contribution in [0.1, 0.15) is 12.6 Å². The normalized spacial score (nSPS) is 11.4. The molecular formula is C20H19F3N6O2. The van der Waals surface area contributed by atoms with Crippen molar-refractivity contribution in [2.45, 2.75) is 19.6 Å². The molecule has 0 bridgehead atoms. The summed E-state index contributed by atoms with van der Waals surface area (Å²) in [5, 5.41) is 13.3. The van der Waals surface area contributed by atoms with Gasteiger partial charge in [0, 0.05) is 6.20 Å². The van der Waals surface area contributed by atoms with E-state index >= 15 is 0 Å². The first-order valence-corrected chi connectivity index (χ1v) is 9.09. The molecule has 0 radical (unpaired) electrons. The van der Waals surface area contributed by atoms with Gasteiger partial charge in [0.2, 0.25) is 5.91 Å². The van der Waals surface area contributed by atoms with Crippen molar-refractivity contribution in [1.82, 2.24) is 14.9 Å². The van der Waals surface area contributed by atoms with E-state index in [-0.39, 0.29) is 16.8 Å². The number of carbonyl (C=O) groups is 1. The van der Waals surface area contributed by atoms with Crippen molar-refractivity contribution in [3.8, 4) is 0 Å². The molecule has 0 aliphatic rings. The van der Waals surface area contributed by atoms with E-state index < -0.39 is 30.7 Å². The number of pyridine rings is 2. The summed E-state index contributed by atoms with van der Waals surface area (Å²) in [6.07, 6.45) is -1.72. The van der Waals surface area contributed by atoms with E-state index in [0.29, 0.717) is 22.5 Å². The monoisotopic (exact) mass is 432 g/mol. The third kappa shape index (κ3) is 5.18. The van der Waals surface area contributed by atoms with Crippen LogP contribution < -0.4 is 21.9 Å². The fourth-order valence-corrected chi connectivity index (χ4v) is 2.99. The van der Waals surface area contributed by atoms with Gasteiger partial charge in [0.05, 0.1) is 34.4 Å². The molecule has 5 N–H and O–H groups in total. The van der Waals surface area contributed by atoms with E-state index in [1.165, 1.54) is 12.4 Å². The highest BCUT2D eigenvalue weighted by atomic mass is 19.4. The maximum absolute atomic E-state index is 12.9. The quantitative estimate of drug-likeness (QED) is 0.446. The number of rotatable bonds is 6. The van der Waals surface area contributed by atoms with Crippen LogP contribution in [0.15, 0.2) is 47.5 Å². The van der Waals surface area contributed by atoms with Crippen molar-refractivity contribution in [3.63, 3.8) is 0 Å². The third-order valence-electron chi connectivity index (χ3n) is 4.36. The molecule has 0 saturated heterocycles. The maximum Gasteiger partial charge on any atom is 0.405 e. The maximum atomic E-state index is 12.9. The second-order valence-corrected chi connectivity index (χ2v) is 6.82. The van der Waals surface area contributed by atoms with Crippen LogP contribution in [-0.4, -0.2) is 33.9 Å². The zero-order chi connectivity index (χ0) is 22.8. The Morgan fingerprint density at radius 2 is 2.03 bits per heavy atom. The van der Waals surface area contributed by atoms with Crippen molar-refractivity contribution in [1.29, 1.82) is 5.41 Å². The minimum atomic E-state index is -4.54. The van der Waals surface area contributed by atoms with Crippen molar-refractivity contribution >= 4 is 39.5 Å². The number of nitrogen functional groups attached to an aromatic ring is 1. The van der Waals surface area contributed by atoms with Crippen molar-refractivity contribution in [2.75, 3.05) is 17.6 Å². The summed E-state index contributed by atoms with van der Waals surface area (Å²) in [7, 11) is 0. The fraction of sp³-hybridized carbons (Fsp3) is 0.200. The minimum absolute atomic E-state index is 0.209. The lowest BCUT2D eigenvalue weighted by Crippen LogP contribution is -2.37. The van der Waals surface area contributed by atoms with Gasteiger partial charge in [-0.1, -0.05) is 12.1 Å². The topological polar surface area (TPSA) is 126 Å². The number of nitrogens with zero attached hydrogens (tertiary/aromatic N) is 2. The second kappa shape index (κ2) is 8.46. The second-order valence-electron chi connectivity index (χ2n) is 6.82. The third-order valence-corrected chi connectivity index (χ3v) is 4.36. The zero-order valence-corrected chi connectivity index (χ0v) is 16.4. The Hall–Kier alpha value is -3.89. The van der Waals surface area contributed by atoms with Crippen molar-refractivity contribution in [2.24, 2.45) is 0 Å². The van der Waals surface area contributed by atoms with Crippen LogP contribution in [-0.2, 0) is 11.3 Å². The molecule has 0 fully saturated rings. The number of aromatic nitrogens is 2. The van der Waals surface area contributed by atoms with Gasteiger partial charge in [-0.2, -0.15) is 13.2 Å². The lowest BCUT2D eigenvalue weighted by atomic mass is 10.1. The zero-order valence-electron chi connectivity index (χ0n) is 16.4. The average Bonchev–Trinajstić information content (AvgIpc) is 2.68. The molecule has 0 aliphatic heterocycles. The molecule has 8 nitrogen and oxygen atoms in total. The molecule has 0 spiro atoms. The Kier molecular flexibility index (Phi) is 5.95. The molecule has 1 amide bonds. The molecule has 3 aromatic rings. The molecule has 2 heterocycles. The van der Waals surface area contributed by atoms with E-state index in [1.54, 1.807) is 42.6 Å². The molecular weight excluding hydrogens is 413 g/mol. The number of nitrogens with one attached hydrogen (secondary N) is 3. The fourth-order valence-electron chi connectivity index (χ4n) is 2.99. The molecule has 0 aliphatic carbocycles. The Bertz CT molecular complexity index is 1220. The van der Waals surface area contributed by atoms with Gasteiger partial charge in [-0.05, 0) is 30.5 Å². The molecule has 0 unspecified atom stereocenters. The van der Waals surface area contributed by atoms with Gasteiger partial charge >= 0.3 is 6.18 Å². The predicted octanol–water partition coefficient (Wildman–Crippen LogP) is 2.79. The molecule has 3 rings (SSSR count). The summed E-state index contributed by atoms with van der Waals surface area (Å²) in [5.74, 6) is -0.932. The van der Waals surface area contributed by atoms with Gasteiger partial charge in [0.25, 0.3) is 5.56 Å². The predicted molar refractivity (Wildman–Crippen MR) is 112 cm³/mol. The number of benzene rings is 1. The standard InChI is InChI=1S/C20H19F3N6O2/c1-11(24)18-14(25)7-13(8-26-18)28-15-4-2-3-12-5-6-29(19(31)17(12)15)9-16(30)27-10-20(21,22)23/h2-8,24,28H,9-10,25H2,1H3,(H,27,30). The highest BCUT2D eigenvalue weighted by molar-refractivity contribution is 6.00. The number of carbonyl (C=O) groups excluding carboxylic acids is 1. The summed E-state index contributed by atoms with van der Waals surface area (Å²) >= 11 is 0. The smallest absolute Gasteiger partial charge is 0.397 e. The number of fused-ring (bicyclic) bond motifs is 1. The summed E-state index contributed by atoms with van der Waals surface area (Å²) in [6, 6.07) is 8.23. The lowest BCUT2D eigenvalue weighted by Gasteiger charge is -2.13. The largest absolute Gasteiger partial charge is 0.405 e. The Morgan fingerprint density at radius 3 is 2.68 bits per heavy atom. The number of amides is 1. The van der Waals surface area contributed by atoms with Gasteiger partial charge in [-0.25, -0.2) is 0 Å². The number of hydrogen-bond acceptors (Lipinski definition) is 6. The van der Waals surface area contributed by atoms with E-state index in [4.69, 9.17) is 11.1 Å². The Labute approximate surface area is 174 Å². The van der Waals surface area contributed by atoms with Gasteiger partial charge in [0.1, 0.15) is 18.8 Å². The van der Waals surface area contributed by atoms with Crippen LogP contribution in [0.5, 0.6) is 0 Å². The van der Waals surface area contributed by atoms with Crippen LogP contribution in [0.3, 0.4) is 0 Å². The SMILES string of the molecule is CC(=N)c1ncc(Nc2cccc3ccn(CC(=O)NCC(F)(F)F)c(=O)c23)cc1N. The number of halogens is 3. The molecule has 0 atom stereocenters. The minimum Gasteiger partial charge on any atom is -0.397 e. The Morgan fingerprint density at radius 1 is 1.29 bits per heavy atom. The van der Waals surface area contributed by atoms with E-state index in [0.717, 1.165) is 4.57 Å². The Balaban J connectivity index is 1.92. The van der Waals surface area contributed by atoms with E-state index in [9.17, 15) is 22.8 Å². The summed E-state index contributed by atoms with van der Waals surface area (Å²) in [5.41, 5.74) is 7.11. The van der Waals surface area contributed by atoms with Gasteiger partial charge < -0.3 is 26.3 Å². The average molecular weight is 432 g/mol. The van der Waals surface area contributed by atoms with Crippen LogP contribution in [0.25, 0.3) is 10.8 Å². The number of anilines is 3. The first-order valence-electron chi connectivity index (χ1n) is 9.09. The first kappa shape index (κ1) is 21.8. The van der Waals surface area contributed by atoms with Gasteiger partial charge in [-0.3, -0.25) is 14.6 Å². The number of alkyl halides is 3. The van der Waals surface area contributed by atoms with Gasteiger partial charge in [-0.15, -0.1) is 0 Å². The lowest BCUT2D eigenvalue weighted by molar-refractivity contribution is -0.138. The number of nitrogens with two attached hydrogens (primary N) is 1. The highest BCUT2D eigenvalue weighted by Crippen LogP contribution is 2.25. The van der Waals surface area contributed by atoms with Gasteiger partial charge in [0.15, 0.2) is 0 Å². The summed E-state index contributed by atoms with van der Waals surface area (Å²) in [4.78, 5) is 28.9. The molecule has 11 heteroatoms. The van der Waals surface area contributed by atoms with Crippen LogP contribution in [0.4, 0.5) is 30.2 Å². The van der Waals surface area contributed by atoms with Crippen molar-refractivity contribution < 1.29 is 18.0 Å². The van der Waals surface area contributed by atoms with Crippen LogP contribution >= 0.6 is 0 Å². The summed E-state index contributed by atoms with van der Waals surface area (Å²) < 4.78 is 37.9. The summed E-state index contributed by atoms with van der Waals surface area (Å²) in [6.45, 7) is -0.467. The molecule has 1 aromatic carbocycles. The van der Waals surface area contributed by atoms with Crippen LogP contribution in [0, 0.1) is 5.41 Å². The molecule has 162 valence electrons. The molecule has 2 aromatic heterocycles. The highest BCUT2D eigenvalue weighted by Gasteiger charge is 2.27. The van der Waals surface area contributed by atoms with E-state index in [2.05, 4.69) is 10.3 Å². The molecule has 0 saturated carbocycles. The first-order chi connectivity index (χ1) is 14.5. The van der Waals surface area contributed by atoms with E-state index in [1.807, 2.05) is 0 Å².